The summed E-state index contributed by atoms with van der Waals surface area (Å²) in [5, 5.41) is 16.3. The maximum absolute atomic E-state index is 13.5. The fraction of sp³-hybridized carbons (Fsp3) is 0.312. The Morgan fingerprint density at radius 1 is 1.22 bits per heavy atom. The standard InChI is InChI=1S/C16H17FN6/c1-11-10-18-7-8-22(11)15-6-5-14-19-20-16(23(14)21-15)12-3-2-4-13(17)9-12/h2-6,9,11,18H,7-8,10H2,1H3/t11-/m0/s1. The summed E-state index contributed by atoms with van der Waals surface area (Å²) in [6.45, 7) is 4.93. The van der Waals surface area contributed by atoms with Crippen LogP contribution in [0.15, 0.2) is 36.4 Å². The van der Waals surface area contributed by atoms with Gasteiger partial charge in [0.15, 0.2) is 11.5 Å². The van der Waals surface area contributed by atoms with Crippen molar-refractivity contribution in [1.82, 2.24) is 25.1 Å². The molecule has 1 fully saturated rings. The monoisotopic (exact) mass is 312 g/mol. The molecule has 1 atom stereocenters. The minimum absolute atomic E-state index is 0.300. The van der Waals surface area contributed by atoms with Crippen molar-refractivity contribution in [3.05, 3.63) is 42.2 Å². The van der Waals surface area contributed by atoms with Crippen LogP contribution in [0.4, 0.5) is 10.2 Å². The number of benzene rings is 1. The zero-order chi connectivity index (χ0) is 15.8. The molecule has 1 aliphatic rings. The lowest BCUT2D eigenvalue weighted by Gasteiger charge is -2.34. The molecule has 1 aliphatic heterocycles. The molecular formula is C16H17FN6. The quantitative estimate of drug-likeness (QED) is 0.781. The van der Waals surface area contributed by atoms with Crippen molar-refractivity contribution in [1.29, 1.82) is 0 Å². The highest BCUT2D eigenvalue weighted by Crippen LogP contribution is 2.21. The third-order valence-corrected chi connectivity index (χ3v) is 4.13. The van der Waals surface area contributed by atoms with Crippen LogP contribution >= 0.6 is 0 Å². The van der Waals surface area contributed by atoms with Gasteiger partial charge in [-0.2, -0.15) is 4.52 Å². The molecule has 4 rings (SSSR count). The number of anilines is 1. The largest absolute Gasteiger partial charge is 0.350 e. The normalized spacial score (nSPS) is 18.5. The van der Waals surface area contributed by atoms with Crippen LogP contribution in [-0.4, -0.2) is 45.5 Å². The van der Waals surface area contributed by atoms with Gasteiger partial charge in [0, 0.05) is 31.2 Å². The van der Waals surface area contributed by atoms with Gasteiger partial charge in [-0.05, 0) is 31.2 Å². The van der Waals surface area contributed by atoms with E-state index in [9.17, 15) is 4.39 Å². The predicted molar refractivity (Wildman–Crippen MR) is 85.9 cm³/mol. The number of nitrogens with zero attached hydrogens (tertiary/aromatic N) is 5. The van der Waals surface area contributed by atoms with Gasteiger partial charge in [-0.15, -0.1) is 15.3 Å². The van der Waals surface area contributed by atoms with Gasteiger partial charge in [0.25, 0.3) is 0 Å². The Morgan fingerprint density at radius 2 is 2.13 bits per heavy atom. The smallest absolute Gasteiger partial charge is 0.185 e. The van der Waals surface area contributed by atoms with Crippen molar-refractivity contribution in [2.24, 2.45) is 0 Å². The lowest BCUT2D eigenvalue weighted by molar-refractivity contribution is 0.495. The van der Waals surface area contributed by atoms with Crippen LogP contribution in [0.1, 0.15) is 6.92 Å². The topological polar surface area (TPSA) is 58.3 Å². The van der Waals surface area contributed by atoms with E-state index >= 15 is 0 Å². The summed E-state index contributed by atoms with van der Waals surface area (Å²) < 4.78 is 15.2. The van der Waals surface area contributed by atoms with Crippen LogP contribution < -0.4 is 10.2 Å². The Kier molecular flexibility index (Phi) is 3.42. The van der Waals surface area contributed by atoms with Crippen LogP contribution in [-0.2, 0) is 0 Å². The van der Waals surface area contributed by atoms with Gasteiger partial charge in [0.1, 0.15) is 11.6 Å². The van der Waals surface area contributed by atoms with E-state index in [-0.39, 0.29) is 5.82 Å². The molecule has 3 heterocycles. The van der Waals surface area contributed by atoms with Gasteiger partial charge < -0.3 is 10.2 Å². The number of hydrogen-bond donors (Lipinski definition) is 1. The predicted octanol–water partition coefficient (Wildman–Crippen LogP) is 1.73. The SMILES string of the molecule is C[C@H]1CNCCN1c1ccc2nnc(-c3cccc(F)c3)n2n1. The minimum Gasteiger partial charge on any atom is -0.350 e. The molecule has 1 saturated heterocycles. The summed E-state index contributed by atoms with van der Waals surface area (Å²) >= 11 is 0. The van der Waals surface area contributed by atoms with Crippen molar-refractivity contribution in [3.63, 3.8) is 0 Å². The van der Waals surface area contributed by atoms with Crippen LogP contribution in [0.2, 0.25) is 0 Å². The number of aromatic nitrogens is 4. The summed E-state index contributed by atoms with van der Waals surface area (Å²) in [7, 11) is 0. The third-order valence-electron chi connectivity index (χ3n) is 4.13. The first-order valence-electron chi connectivity index (χ1n) is 7.68. The zero-order valence-electron chi connectivity index (χ0n) is 12.8. The molecule has 118 valence electrons. The Balaban J connectivity index is 1.80. The van der Waals surface area contributed by atoms with Gasteiger partial charge >= 0.3 is 0 Å². The van der Waals surface area contributed by atoms with E-state index in [4.69, 9.17) is 0 Å². The van der Waals surface area contributed by atoms with Crippen molar-refractivity contribution in [2.45, 2.75) is 13.0 Å². The van der Waals surface area contributed by atoms with E-state index in [0.29, 0.717) is 23.1 Å². The highest BCUT2D eigenvalue weighted by atomic mass is 19.1. The molecule has 1 N–H and O–H groups in total. The molecule has 3 aromatic rings. The van der Waals surface area contributed by atoms with E-state index in [1.807, 2.05) is 12.1 Å². The molecule has 0 aliphatic carbocycles. The second-order valence-electron chi connectivity index (χ2n) is 5.74. The fourth-order valence-electron chi connectivity index (χ4n) is 2.92. The highest BCUT2D eigenvalue weighted by molar-refractivity contribution is 5.59. The summed E-state index contributed by atoms with van der Waals surface area (Å²) in [6.07, 6.45) is 0. The molecule has 0 saturated carbocycles. The molecule has 0 radical (unpaired) electrons. The molecule has 0 bridgehead atoms. The molecule has 0 spiro atoms. The average Bonchev–Trinajstić information content (AvgIpc) is 2.98. The molecule has 1 aromatic carbocycles. The maximum Gasteiger partial charge on any atom is 0.185 e. The summed E-state index contributed by atoms with van der Waals surface area (Å²) in [6, 6.07) is 10.5. The van der Waals surface area contributed by atoms with Crippen molar-refractivity contribution < 1.29 is 4.39 Å². The Bertz CT molecular complexity index is 845. The summed E-state index contributed by atoms with van der Waals surface area (Å²) in [5.41, 5.74) is 1.31. The first-order valence-corrected chi connectivity index (χ1v) is 7.68. The third kappa shape index (κ3) is 2.53. The molecule has 6 nitrogen and oxygen atoms in total. The lowest BCUT2D eigenvalue weighted by atomic mass is 10.2. The second kappa shape index (κ2) is 5.58. The Morgan fingerprint density at radius 3 is 2.96 bits per heavy atom. The van der Waals surface area contributed by atoms with Crippen molar-refractivity contribution in [3.8, 4) is 11.4 Å². The summed E-state index contributed by atoms with van der Waals surface area (Å²) in [4.78, 5) is 2.26. The van der Waals surface area contributed by atoms with E-state index in [1.165, 1.54) is 12.1 Å². The van der Waals surface area contributed by atoms with Crippen LogP contribution in [0, 0.1) is 5.82 Å². The number of rotatable bonds is 2. The van der Waals surface area contributed by atoms with Gasteiger partial charge in [0.2, 0.25) is 0 Å². The first-order chi connectivity index (χ1) is 11.2. The number of fused-ring (bicyclic) bond motifs is 1. The molecule has 7 heteroatoms. The van der Waals surface area contributed by atoms with E-state index in [1.54, 1.807) is 16.6 Å². The van der Waals surface area contributed by atoms with Crippen LogP contribution in [0.5, 0.6) is 0 Å². The minimum atomic E-state index is -0.300. The number of halogens is 1. The number of nitrogens with one attached hydrogen (secondary N) is 1. The van der Waals surface area contributed by atoms with Gasteiger partial charge in [-0.25, -0.2) is 4.39 Å². The molecule has 0 unspecified atom stereocenters. The molecule has 0 amide bonds. The lowest BCUT2D eigenvalue weighted by Crippen LogP contribution is -2.50. The highest BCUT2D eigenvalue weighted by Gasteiger charge is 2.20. The van der Waals surface area contributed by atoms with E-state index < -0.39 is 0 Å². The molecule has 23 heavy (non-hydrogen) atoms. The first kappa shape index (κ1) is 14.1. The van der Waals surface area contributed by atoms with Gasteiger partial charge in [0.05, 0.1) is 0 Å². The Hall–Kier alpha value is -2.54. The van der Waals surface area contributed by atoms with Gasteiger partial charge in [-0.3, -0.25) is 0 Å². The van der Waals surface area contributed by atoms with Gasteiger partial charge in [-0.1, -0.05) is 12.1 Å². The van der Waals surface area contributed by atoms with Crippen LogP contribution in [0.3, 0.4) is 0 Å². The molecule has 2 aromatic heterocycles. The second-order valence-corrected chi connectivity index (χ2v) is 5.74. The average molecular weight is 312 g/mol. The van der Waals surface area contributed by atoms with E-state index in [0.717, 1.165) is 25.5 Å². The maximum atomic E-state index is 13.5. The zero-order valence-corrected chi connectivity index (χ0v) is 12.8. The number of hydrogen-bond acceptors (Lipinski definition) is 5. The van der Waals surface area contributed by atoms with E-state index in [2.05, 4.69) is 32.4 Å². The summed E-state index contributed by atoms with van der Waals surface area (Å²) in [5.74, 6) is 1.12. The molecular weight excluding hydrogens is 295 g/mol. The van der Waals surface area contributed by atoms with Crippen LogP contribution in [0.25, 0.3) is 17.0 Å². The number of piperazine rings is 1. The van der Waals surface area contributed by atoms with Crippen molar-refractivity contribution >= 4 is 11.5 Å². The Labute approximate surface area is 132 Å². The fourth-order valence-corrected chi connectivity index (χ4v) is 2.92. The van der Waals surface area contributed by atoms with Crippen molar-refractivity contribution in [2.75, 3.05) is 24.5 Å².